The zero-order valence-corrected chi connectivity index (χ0v) is 12.5. The summed E-state index contributed by atoms with van der Waals surface area (Å²) in [5.41, 5.74) is 1.09. The molecule has 1 aromatic carbocycles. The fourth-order valence-corrected chi connectivity index (χ4v) is 2.84. The molecule has 2 aromatic rings. The number of carbonyl (C=O) groups excluding carboxylic acids is 1. The van der Waals surface area contributed by atoms with Gasteiger partial charge in [0.2, 0.25) is 0 Å². The Morgan fingerprint density at radius 1 is 1.18 bits per heavy atom. The molecule has 0 aliphatic carbocycles. The van der Waals surface area contributed by atoms with Gasteiger partial charge in [-0.15, -0.1) is 11.3 Å². The molecule has 17 heavy (non-hydrogen) atoms. The third-order valence-corrected chi connectivity index (χ3v) is 4.55. The smallest absolute Gasteiger partial charge is 0.177 e. The van der Waals surface area contributed by atoms with Crippen molar-refractivity contribution >= 4 is 39.7 Å². The van der Waals surface area contributed by atoms with Gasteiger partial charge in [-0.25, -0.2) is 0 Å². The van der Waals surface area contributed by atoms with Crippen molar-refractivity contribution in [3.05, 3.63) is 55.3 Å². The largest absolute Gasteiger partial charge is 0.293 e. The number of Topliss-reactive ketones (excluding diaryl/α,β-unsaturated/α-hetero) is 1. The fraction of sp³-hybridized carbons (Fsp3) is 0.214. The maximum absolute atomic E-state index is 12.0. The number of halogens is 1. The van der Waals surface area contributed by atoms with E-state index in [0.29, 0.717) is 6.42 Å². The first-order valence-corrected chi connectivity index (χ1v) is 7.45. The van der Waals surface area contributed by atoms with Gasteiger partial charge in [-0.05, 0) is 58.8 Å². The average Bonchev–Trinajstić information content (AvgIpc) is 2.81. The van der Waals surface area contributed by atoms with Crippen LogP contribution in [0.25, 0.3) is 0 Å². The van der Waals surface area contributed by atoms with Crippen LogP contribution >= 0.6 is 33.9 Å². The number of ketones is 1. The van der Waals surface area contributed by atoms with Crippen LogP contribution in [0.4, 0.5) is 0 Å². The van der Waals surface area contributed by atoms with E-state index in [2.05, 4.69) is 29.5 Å². The van der Waals surface area contributed by atoms with Crippen molar-refractivity contribution in [2.45, 2.75) is 19.8 Å². The van der Waals surface area contributed by atoms with E-state index in [1.165, 1.54) is 8.45 Å². The minimum absolute atomic E-state index is 0.218. The van der Waals surface area contributed by atoms with Crippen molar-refractivity contribution in [1.29, 1.82) is 0 Å². The average molecular weight is 356 g/mol. The minimum Gasteiger partial charge on any atom is -0.293 e. The molecule has 2 rings (SSSR count). The summed E-state index contributed by atoms with van der Waals surface area (Å²) < 4.78 is 1.20. The Morgan fingerprint density at radius 3 is 2.47 bits per heavy atom. The monoisotopic (exact) mass is 356 g/mol. The Labute approximate surface area is 119 Å². The topological polar surface area (TPSA) is 17.1 Å². The molecule has 0 fully saturated rings. The van der Waals surface area contributed by atoms with Crippen LogP contribution < -0.4 is 0 Å². The molecule has 88 valence electrons. The molecule has 0 spiro atoms. The maximum Gasteiger partial charge on any atom is 0.177 e. The highest BCUT2D eigenvalue weighted by Gasteiger charge is 2.09. The Kier molecular flexibility index (Phi) is 4.34. The molecule has 0 aliphatic rings. The molecule has 0 saturated heterocycles. The maximum atomic E-state index is 12.0. The van der Waals surface area contributed by atoms with Gasteiger partial charge in [-0.1, -0.05) is 19.1 Å². The van der Waals surface area contributed by atoms with Crippen LogP contribution in [-0.2, 0) is 12.8 Å². The number of benzene rings is 1. The third-order valence-electron chi connectivity index (χ3n) is 2.56. The van der Waals surface area contributed by atoms with E-state index in [4.69, 9.17) is 0 Å². The molecule has 0 aliphatic heterocycles. The summed E-state index contributed by atoms with van der Waals surface area (Å²) in [7, 11) is 0. The van der Waals surface area contributed by atoms with E-state index < -0.39 is 0 Å². The van der Waals surface area contributed by atoms with E-state index in [0.717, 1.165) is 16.9 Å². The second kappa shape index (κ2) is 5.78. The lowest BCUT2D eigenvalue weighted by Crippen LogP contribution is -2.00. The van der Waals surface area contributed by atoms with E-state index in [9.17, 15) is 4.79 Å². The van der Waals surface area contributed by atoms with Crippen molar-refractivity contribution in [2.24, 2.45) is 0 Å². The molecule has 1 nitrogen and oxygen atoms in total. The molecule has 0 atom stereocenters. The first kappa shape index (κ1) is 12.8. The zero-order chi connectivity index (χ0) is 12.3. The van der Waals surface area contributed by atoms with Gasteiger partial charge in [-0.3, -0.25) is 4.79 Å². The lowest BCUT2D eigenvalue weighted by Gasteiger charge is -1.99. The molecule has 0 unspecified atom stereocenters. The van der Waals surface area contributed by atoms with Crippen LogP contribution in [0.15, 0.2) is 36.4 Å². The number of thiophene rings is 1. The highest BCUT2D eigenvalue weighted by atomic mass is 127. The first-order chi connectivity index (χ1) is 8.19. The van der Waals surface area contributed by atoms with Crippen LogP contribution in [0, 0.1) is 3.57 Å². The molecule has 1 heterocycles. The zero-order valence-electron chi connectivity index (χ0n) is 9.57. The van der Waals surface area contributed by atoms with E-state index in [1.54, 1.807) is 11.3 Å². The van der Waals surface area contributed by atoms with Crippen LogP contribution in [0.1, 0.15) is 27.0 Å². The predicted molar refractivity (Wildman–Crippen MR) is 80.9 cm³/mol. The van der Waals surface area contributed by atoms with Crippen LogP contribution in [0.3, 0.4) is 0 Å². The highest BCUT2D eigenvalue weighted by molar-refractivity contribution is 14.1. The Morgan fingerprint density at radius 2 is 1.88 bits per heavy atom. The second-order valence-electron chi connectivity index (χ2n) is 3.85. The van der Waals surface area contributed by atoms with Gasteiger partial charge in [-0.2, -0.15) is 0 Å². The summed E-state index contributed by atoms with van der Waals surface area (Å²) in [6.07, 6.45) is 1.50. The molecule has 0 N–H and O–H groups in total. The SMILES string of the molecule is CCc1ccc(C(=O)Cc2ccc(I)cc2)s1. The van der Waals surface area contributed by atoms with Crippen LogP contribution in [0.5, 0.6) is 0 Å². The van der Waals surface area contributed by atoms with E-state index in [1.807, 2.05) is 36.4 Å². The number of carbonyl (C=O) groups is 1. The second-order valence-corrected chi connectivity index (χ2v) is 6.26. The number of hydrogen-bond donors (Lipinski definition) is 0. The molecule has 0 amide bonds. The third kappa shape index (κ3) is 3.39. The predicted octanol–water partition coefficient (Wildman–Crippen LogP) is 4.34. The Hall–Kier alpha value is -0.680. The lowest BCUT2D eigenvalue weighted by molar-refractivity contribution is 0.0997. The van der Waals surface area contributed by atoms with Gasteiger partial charge in [0, 0.05) is 14.9 Å². The molecular formula is C14H13IOS. The summed E-state index contributed by atoms with van der Waals surface area (Å²) >= 11 is 3.88. The molecule has 0 radical (unpaired) electrons. The van der Waals surface area contributed by atoms with Gasteiger partial charge in [0.15, 0.2) is 5.78 Å². The summed E-state index contributed by atoms with van der Waals surface area (Å²) in [6, 6.07) is 12.1. The van der Waals surface area contributed by atoms with Crippen LogP contribution in [-0.4, -0.2) is 5.78 Å². The highest BCUT2D eigenvalue weighted by Crippen LogP contribution is 2.19. The number of hydrogen-bond acceptors (Lipinski definition) is 2. The fourth-order valence-electron chi connectivity index (χ4n) is 1.59. The van der Waals surface area contributed by atoms with Gasteiger partial charge >= 0.3 is 0 Å². The Balaban J connectivity index is 2.08. The Bertz CT molecular complexity index is 513. The summed E-state index contributed by atoms with van der Waals surface area (Å²) in [4.78, 5) is 14.2. The molecule has 0 saturated carbocycles. The lowest BCUT2D eigenvalue weighted by atomic mass is 10.1. The molecular weight excluding hydrogens is 343 g/mol. The van der Waals surface area contributed by atoms with Gasteiger partial charge in [0.05, 0.1) is 4.88 Å². The molecule has 0 bridgehead atoms. The van der Waals surface area contributed by atoms with E-state index in [-0.39, 0.29) is 5.78 Å². The van der Waals surface area contributed by atoms with E-state index >= 15 is 0 Å². The van der Waals surface area contributed by atoms with Gasteiger partial charge < -0.3 is 0 Å². The van der Waals surface area contributed by atoms with Crippen molar-refractivity contribution in [3.8, 4) is 0 Å². The first-order valence-electron chi connectivity index (χ1n) is 5.55. The summed E-state index contributed by atoms with van der Waals surface area (Å²) in [5.74, 6) is 0.218. The van der Waals surface area contributed by atoms with Crippen molar-refractivity contribution < 1.29 is 4.79 Å². The number of rotatable bonds is 4. The normalized spacial score (nSPS) is 10.5. The minimum atomic E-state index is 0.218. The standard InChI is InChI=1S/C14H13IOS/c1-2-12-7-8-14(17-12)13(16)9-10-3-5-11(15)6-4-10/h3-8H,2,9H2,1H3. The van der Waals surface area contributed by atoms with Crippen molar-refractivity contribution in [3.63, 3.8) is 0 Å². The molecule has 3 heteroatoms. The summed E-state index contributed by atoms with van der Waals surface area (Å²) in [5, 5.41) is 0. The van der Waals surface area contributed by atoms with Crippen LogP contribution in [0.2, 0.25) is 0 Å². The quantitative estimate of drug-likeness (QED) is 0.588. The summed E-state index contributed by atoms with van der Waals surface area (Å²) in [6.45, 7) is 2.11. The molecule has 1 aromatic heterocycles. The van der Waals surface area contributed by atoms with Gasteiger partial charge in [0.25, 0.3) is 0 Å². The van der Waals surface area contributed by atoms with Crippen molar-refractivity contribution in [1.82, 2.24) is 0 Å². The number of aryl methyl sites for hydroxylation is 1. The van der Waals surface area contributed by atoms with Crippen molar-refractivity contribution in [2.75, 3.05) is 0 Å². The van der Waals surface area contributed by atoms with Gasteiger partial charge in [0.1, 0.15) is 0 Å².